The summed E-state index contributed by atoms with van der Waals surface area (Å²) in [6.45, 7) is 5.95. The number of hydrogen-bond donors (Lipinski definition) is 2. The molecule has 2 N–H and O–H groups in total. The predicted octanol–water partition coefficient (Wildman–Crippen LogP) is 6.49. The lowest BCUT2D eigenvalue weighted by atomic mass is 9.70. The topological polar surface area (TPSA) is 95.9 Å². The molecule has 2 heterocycles. The molecular weight excluding hydrogens is 596 g/mol. The number of anilines is 1. The van der Waals surface area contributed by atoms with Gasteiger partial charge in [0.2, 0.25) is 10.0 Å². The molecule has 2 bridgehead atoms. The van der Waals surface area contributed by atoms with Crippen LogP contribution >= 0.6 is 11.6 Å². The summed E-state index contributed by atoms with van der Waals surface area (Å²) in [6, 6.07) is 11.3. The van der Waals surface area contributed by atoms with E-state index >= 15 is 0 Å². The molecule has 0 saturated heterocycles. The zero-order valence-electron chi connectivity index (χ0n) is 25.8. The summed E-state index contributed by atoms with van der Waals surface area (Å²) >= 11 is 6.39. The number of hydrogen-bond acceptors (Lipinski definition) is 6. The summed E-state index contributed by atoms with van der Waals surface area (Å²) in [5.74, 6) is 0.746. The van der Waals surface area contributed by atoms with Gasteiger partial charge < -0.3 is 14.7 Å². The molecule has 2 aliphatic carbocycles. The third-order valence-corrected chi connectivity index (χ3v) is 12.4. The van der Waals surface area contributed by atoms with E-state index in [-0.39, 0.29) is 23.7 Å². The molecule has 4 aliphatic rings. The third kappa shape index (κ3) is 6.82. The largest absolute Gasteiger partial charge is 0.491 e. The monoisotopic (exact) mass is 640 g/mol. The van der Waals surface area contributed by atoms with Crippen LogP contribution in [0.4, 0.5) is 5.69 Å². The van der Waals surface area contributed by atoms with Gasteiger partial charge in [0.15, 0.2) is 0 Å². The Balaban J connectivity index is 1.37. The minimum atomic E-state index is -3.93. The van der Waals surface area contributed by atoms with E-state index in [4.69, 9.17) is 16.3 Å². The highest BCUT2D eigenvalue weighted by molar-refractivity contribution is 7.90. The second-order valence-corrected chi connectivity index (χ2v) is 15.9. The normalized spacial score (nSPS) is 31.1. The Labute approximate surface area is 267 Å². The Kier molecular flexibility index (Phi) is 9.32. The average Bonchev–Trinajstić information content (AvgIpc) is 3.80. The molecule has 238 valence electrons. The Morgan fingerprint density at radius 3 is 2.64 bits per heavy atom. The van der Waals surface area contributed by atoms with Gasteiger partial charge in [0.25, 0.3) is 5.91 Å². The lowest BCUT2D eigenvalue weighted by Gasteiger charge is -2.42. The fourth-order valence-electron chi connectivity index (χ4n) is 7.35. The summed E-state index contributed by atoms with van der Waals surface area (Å²) in [5, 5.41) is 11.3. The number of carbonyl (C=O) groups is 1. The number of nitrogens with one attached hydrogen (secondary N) is 1. The molecule has 44 heavy (non-hydrogen) atoms. The number of aryl methyl sites for hydroxylation is 1. The van der Waals surface area contributed by atoms with Crippen LogP contribution in [0.5, 0.6) is 5.75 Å². The fourth-order valence-corrected chi connectivity index (χ4v) is 9.32. The van der Waals surface area contributed by atoms with Crippen molar-refractivity contribution in [1.82, 2.24) is 4.72 Å². The van der Waals surface area contributed by atoms with E-state index < -0.39 is 27.3 Å². The van der Waals surface area contributed by atoms with Crippen molar-refractivity contribution >= 4 is 33.2 Å². The van der Waals surface area contributed by atoms with Gasteiger partial charge in [-0.25, -0.2) is 13.1 Å². The van der Waals surface area contributed by atoms with E-state index in [0.717, 1.165) is 49.2 Å². The number of allylic oxidation sites excluding steroid dienone is 1. The van der Waals surface area contributed by atoms with Gasteiger partial charge in [-0.1, -0.05) is 62.9 Å². The number of aliphatic hydroxyl groups excluding tert-OH is 1. The SMILES string of the molecule is CCCc1cc(Cl)ccc1C1COc2ccc3cc2N(C1)CC1CCC1C(O)/C=C/C[C@@H](C)[C@H](CC1CC1)S(=O)(=O)NC3=O. The van der Waals surface area contributed by atoms with Crippen LogP contribution in [0.2, 0.25) is 5.02 Å². The van der Waals surface area contributed by atoms with Crippen LogP contribution < -0.4 is 14.4 Å². The molecule has 2 aromatic carbocycles. The number of rotatable bonds is 5. The molecule has 2 aromatic rings. The van der Waals surface area contributed by atoms with Crippen molar-refractivity contribution in [3.8, 4) is 5.75 Å². The van der Waals surface area contributed by atoms with Gasteiger partial charge in [-0.3, -0.25) is 4.79 Å². The third-order valence-electron chi connectivity index (χ3n) is 10.2. The molecule has 7 nitrogen and oxygen atoms in total. The van der Waals surface area contributed by atoms with Gasteiger partial charge in [0, 0.05) is 29.6 Å². The number of fused-ring (bicyclic) bond motifs is 2. The van der Waals surface area contributed by atoms with Gasteiger partial charge in [-0.15, -0.1) is 0 Å². The first-order valence-corrected chi connectivity index (χ1v) is 18.3. The minimum absolute atomic E-state index is 0.0671. The number of amides is 1. The average molecular weight is 641 g/mol. The highest BCUT2D eigenvalue weighted by Gasteiger charge is 2.40. The van der Waals surface area contributed by atoms with Crippen molar-refractivity contribution in [2.75, 3.05) is 24.6 Å². The molecule has 6 rings (SSSR count). The molecule has 4 unspecified atom stereocenters. The molecule has 2 saturated carbocycles. The maximum atomic E-state index is 13.7. The second kappa shape index (κ2) is 13.1. The molecule has 6 atom stereocenters. The lowest BCUT2D eigenvalue weighted by molar-refractivity contribution is 0.0461. The summed E-state index contributed by atoms with van der Waals surface area (Å²) in [7, 11) is -3.93. The number of halogens is 1. The van der Waals surface area contributed by atoms with Crippen molar-refractivity contribution in [1.29, 1.82) is 0 Å². The van der Waals surface area contributed by atoms with E-state index in [0.29, 0.717) is 49.8 Å². The van der Waals surface area contributed by atoms with E-state index in [9.17, 15) is 18.3 Å². The predicted molar refractivity (Wildman–Crippen MR) is 175 cm³/mol. The van der Waals surface area contributed by atoms with E-state index in [1.54, 1.807) is 18.2 Å². The molecule has 0 radical (unpaired) electrons. The molecule has 2 fully saturated rings. The van der Waals surface area contributed by atoms with Crippen LogP contribution in [0.1, 0.15) is 86.2 Å². The first-order chi connectivity index (χ1) is 21.1. The van der Waals surface area contributed by atoms with E-state index in [1.807, 2.05) is 25.1 Å². The van der Waals surface area contributed by atoms with Crippen LogP contribution in [-0.4, -0.2) is 50.5 Å². The highest BCUT2D eigenvalue weighted by atomic mass is 35.5. The Hall–Kier alpha value is -2.55. The van der Waals surface area contributed by atoms with Crippen molar-refractivity contribution in [2.45, 2.75) is 82.5 Å². The van der Waals surface area contributed by atoms with Gasteiger partial charge in [-0.05, 0) is 97.2 Å². The fraction of sp³-hybridized carbons (Fsp3) is 0.571. The quantitative estimate of drug-likeness (QED) is 0.363. The Morgan fingerprint density at radius 2 is 1.91 bits per heavy atom. The molecule has 0 aromatic heterocycles. The highest BCUT2D eigenvalue weighted by Crippen LogP contribution is 2.43. The number of nitrogens with zero attached hydrogens (tertiary/aromatic N) is 1. The smallest absolute Gasteiger partial charge is 0.264 e. The first-order valence-electron chi connectivity index (χ1n) is 16.3. The van der Waals surface area contributed by atoms with Gasteiger partial charge in [0.1, 0.15) is 5.75 Å². The number of benzene rings is 2. The van der Waals surface area contributed by atoms with Gasteiger partial charge in [-0.2, -0.15) is 0 Å². The van der Waals surface area contributed by atoms with E-state index in [1.165, 1.54) is 11.1 Å². The Bertz CT molecular complexity index is 1510. The summed E-state index contributed by atoms with van der Waals surface area (Å²) in [4.78, 5) is 15.8. The van der Waals surface area contributed by atoms with Crippen LogP contribution in [0.25, 0.3) is 0 Å². The number of aliphatic hydroxyl groups is 1. The molecular formula is C35H45ClN2O5S. The molecule has 9 heteroatoms. The number of sulfonamides is 1. The van der Waals surface area contributed by atoms with E-state index in [2.05, 4.69) is 28.7 Å². The van der Waals surface area contributed by atoms with Crippen molar-refractivity contribution < 1.29 is 23.1 Å². The van der Waals surface area contributed by atoms with Crippen LogP contribution in [0.3, 0.4) is 0 Å². The van der Waals surface area contributed by atoms with Gasteiger partial charge >= 0.3 is 0 Å². The number of carbonyl (C=O) groups excluding carboxylic acids is 1. The Morgan fingerprint density at radius 1 is 1.09 bits per heavy atom. The second-order valence-electron chi connectivity index (χ2n) is 13.5. The van der Waals surface area contributed by atoms with Crippen molar-refractivity contribution in [3.05, 3.63) is 70.3 Å². The van der Waals surface area contributed by atoms with Crippen LogP contribution in [0.15, 0.2) is 48.6 Å². The van der Waals surface area contributed by atoms with Crippen LogP contribution in [-0.2, 0) is 16.4 Å². The van der Waals surface area contributed by atoms with Crippen LogP contribution in [0, 0.1) is 23.7 Å². The standard InChI is InChI=1S/C35H45ClN2O5S/c1-3-5-24-17-28(36)12-14-29(24)27-20-38-19-26-10-13-30(26)32(39)7-4-6-22(2)34(16-23-8-9-23)44(41,42)37-35(40)25-11-15-33(43-21-27)31(38)18-25/h4,7,11-12,14-15,17-18,22-23,26-27,30,32,34,39H,3,5-6,8-10,13,16,19-21H2,1-2H3,(H,37,40)/b7-4+/t22-,26?,27?,30?,32?,34+/m1/s1. The van der Waals surface area contributed by atoms with Crippen molar-refractivity contribution in [3.63, 3.8) is 0 Å². The minimum Gasteiger partial charge on any atom is -0.491 e. The summed E-state index contributed by atoms with van der Waals surface area (Å²) in [6.07, 6.45) is 10.3. The zero-order valence-corrected chi connectivity index (χ0v) is 27.3. The molecule has 1 amide bonds. The summed E-state index contributed by atoms with van der Waals surface area (Å²) < 4.78 is 36.2. The summed E-state index contributed by atoms with van der Waals surface area (Å²) in [5.41, 5.74) is 3.52. The molecule has 0 spiro atoms. The lowest BCUT2D eigenvalue weighted by Crippen LogP contribution is -2.44. The zero-order chi connectivity index (χ0) is 31.0. The van der Waals surface area contributed by atoms with Gasteiger partial charge in [0.05, 0.1) is 23.6 Å². The molecule has 2 aliphatic heterocycles. The maximum Gasteiger partial charge on any atom is 0.264 e. The maximum absolute atomic E-state index is 13.7. The van der Waals surface area contributed by atoms with Crippen molar-refractivity contribution in [2.24, 2.45) is 23.7 Å². The number of ether oxygens (including phenoxy) is 1. The first kappa shape index (κ1) is 31.4.